The summed E-state index contributed by atoms with van der Waals surface area (Å²) in [5.74, 6) is 0.380. The first kappa shape index (κ1) is 14.1. The van der Waals surface area contributed by atoms with Gasteiger partial charge in [-0.3, -0.25) is 4.57 Å². The van der Waals surface area contributed by atoms with Crippen molar-refractivity contribution in [1.29, 1.82) is 0 Å². The molecule has 2 aromatic carbocycles. The van der Waals surface area contributed by atoms with Gasteiger partial charge in [0.2, 0.25) is 0 Å². The first-order chi connectivity index (χ1) is 9.99. The Kier molecular flexibility index (Phi) is 3.46. The molecule has 3 aromatic rings. The van der Waals surface area contributed by atoms with E-state index in [1.165, 1.54) is 6.07 Å². The van der Waals surface area contributed by atoms with Gasteiger partial charge in [-0.25, -0.2) is 9.37 Å². The van der Waals surface area contributed by atoms with Gasteiger partial charge in [-0.15, -0.1) is 11.6 Å². The second kappa shape index (κ2) is 5.15. The van der Waals surface area contributed by atoms with E-state index < -0.39 is 0 Å². The van der Waals surface area contributed by atoms with Crippen molar-refractivity contribution in [2.45, 2.75) is 26.1 Å². The molecule has 1 aromatic heterocycles. The lowest BCUT2D eigenvalue weighted by molar-refractivity contribution is 0.616. The number of aryl methyl sites for hydroxylation is 2. The molecule has 1 unspecified atom stereocenters. The lowest BCUT2D eigenvalue weighted by Gasteiger charge is -2.12. The number of imidazole rings is 1. The molecule has 0 aliphatic carbocycles. The topological polar surface area (TPSA) is 17.8 Å². The molecule has 0 aliphatic heterocycles. The minimum Gasteiger partial charge on any atom is -0.292 e. The molecule has 0 N–H and O–H groups in total. The summed E-state index contributed by atoms with van der Waals surface area (Å²) in [6.45, 7) is 5.79. The van der Waals surface area contributed by atoms with Crippen LogP contribution in [0.1, 0.15) is 29.3 Å². The van der Waals surface area contributed by atoms with Crippen molar-refractivity contribution in [3.05, 3.63) is 59.2 Å². The Hall–Kier alpha value is -1.87. The van der Waals surface area contributed by atoms with Gasteiger partial charge in [0, 0.05) is 0 Å². The van der Waals surface area contributed by atoms with Crippen molar-refractivity contribution < 1.29 is 4.39 Å². The average molecular weight is 303 g/mol. The van der Waals surface area contributed by atoms with E-state index in [2.05, 4.69) is 4.98 Å². The highest BCUT2D eigenvalue weighted by Crippen LogP contribution is 2.30. The fourth-order valence-corrected chi connectivity index (χ4v) is 2.72. The number of nitrogens with zero attached hydrogens (tertiary/aromatic N) is 2. The van der Waals surface area contributed by atoms with E-state index in [0.717, 1.165) is 22.2 Å². The van der Waals surface area contributed by atoms with E-state index in [1.54, 1.807) is 6.07 Å². The van der Waals surface area contributed by atoms with Crippen LogP contribution in [0, 0.1) is 19.7 Å². The zero-order chi connectivity index (χ0) is 15.1. The van der Waals surface area contributed by atoms with E-state index in [4.69, 9.17) is 11.6 Å². The molecule has 0 radical (unpaired) electrons. The Balaban J connectivity index is 2.42. The first-order valence-corrected chi connectivity index (χ1v) is 7.31. The van der Waals surface area contributed by atoms with Gasteiger partial charge in [-0.2, -0.15) is 0 Å². The maximum absolute atomic E-state index is 14.3. The van der Waals surface area contributed by atoms with Crippen molar-refractivity contribution >= 4 is 22.6 Å². The van der Waals surface area contributed by atoms with Crippen LogP contribution in [-0.2, 0) is 0 Å². The zero-order valence-corrected chi connectivity index (χ0v) is 12.9. The van der Waals surface area contributed by atoms with Crippen LogP contribution in [-0.4, -0.2) is 9.55 Å². The molecule has 0 spiro atoms. The van der Waals surface area contributed by atoms with Crippen LogP contribution < -0.4 is 0 Å². The summed E-state index contributed by atoms with van der Waals surface area (Å²) in [4.78, 5) is 4.62. The summed E-state index contributed by atoms with van der Waals surface area (Å²) in [6, 6.07) is 10.9. The van der Waals surface area contributed by atoms with E-state index in [1.807, 2.05) is 49.6 Å². The maximum atomic E-state index is 14.3. The second-order valence-corrected chi connectivity index (χ2v) is 5.97. The van der Waals surface area contributed by atoms with E-state index in [-0.39, 0.29) is 11.2 Å². The summed E-state index contributed by atoms with van der Waals surface area (Å²) < 4.78 is 16.1. The van der Waals surface area contributed by atoms with Crippen LogP contribution in [0.4, 0.5) is 4.39 Å². The molecule has 108 valence electrons. The fourth-order valence-electron chi connectivity index (χ4n) is 2.57. The molecular formula is C17H16ClFN2. The van der Waals surface area contributed by atoms with Crippen LogP contribution in [0.2, 0.25) is 0 Å². The van der Waals surface area contributed by atoms with Gasteiger partial charge in [-0.1, -0.05) is 18.2 Å². The highest BCUT2D eigenvalue weighted by Gasteiger charge is 2.19. The zero-order valence-electron chi connectivity index (χ0n) is 12.2. The summed E-state index contributed by atoms with van der Waals surface area (Å²) in [6.07, 6.45) is 0. The summed E-state index contributed by atoms with van der Waals surface area (Å²) >= 11 is 6.27. The predicted molar refractivity (Wildman–Crippen MR) is 84.8 cm³/mol. The number of fused-ring (bicyclic) bond motifs is 1. The SMILES string of the molecule is Cc1ccc(F)c(-n2c(C(C)Cl)nc3c(C)cccc32)c1. The van der Waals surface area contributed by atoms with Gasteiger partial charge in [0.1, 0.15) is 11.6 Å². The third kappa shape index (κ3) is 2.32. The molecule has 3 rings (SSSR count). The van der Waals surface area contributed by atoms with Crippen LogP contribution in [0.5, 0.6) is 0 Å². The molecule has 0 bridgehead atoms. The molecule has 0 amide bonds. The monoisotopic (exact) mass is 302 g/mol. The largest absolute Gasteiger partial charge is 0.292 e. The Morgan fingerprint density at radius 3 is 2.67 bits per heavy atom. The molecule has 1 atom stereocenters. The van der Waals surface area contributed by atoms with Gasteiger partial charge in [0.25, 0.3) is 0 Å². The Labute approximate surface area is 128 Å². The number of benzene rings is 2. The highest BCUT2D eigenvalue weighted by atomic mass is 35.5. The molecule has 2 nitrogen and oxygen atoms in total. The number of para-hydroxylation sites is 1. The third-order valence-electron chi connectivity index (χ3n) is 3.61. The molecule has 21 heavy (non-hydrogen) atoms. The van der Waals surface area contributed by atoms with Crippen molar-refractivity contribution in [1.82, 2.24) is 9.55 Å². The molecule has 1 heterocycles. The lowest BCUT2D eigenvalue weighted by Crippen LogP contribution is -2.04. The molecule has 4 heteroatoms. The van der Waals surface area contributed by atoms with E-state index in [9.17, 15) is 4.39 Å². The lowest BCUT2D eigenvalue weighted by atomic mass is 10.2. The Morgan fingerprint density at radius 2 is 1.95 bits per heavy atom. The van der Waals surface area contributed by atoms with Gasteiger partial charge < -0.3 is 0 Å². The molecule has 0 aliphatic rings. The number of hydrogen-bond donors (Lipinski definition) is 0. The molecular weight excluding hydrogens is 287 g/mol. The summed E-state index contributed by atoms with van der Waals surface area (Å²) in [5.41, 5.74) is 4.28. The standard InChI is InChI=1S/C17H16ClFN2/c1-10-7-8-13(19)15(9-10)21-14-6-4-5-11(2)16(14)20-17(21)12(3)18/h4-9,12H,1-3H3. The Bertz CT molecular complexity index is 821. The van der Waals surface area contributed by atoms with E-state index in [0.29, 0.717) is 11.5 Å². The molecule has 0 saturated heterocycles. The van der Waals surface area contributed by atoms with E-state index >= 15 is 0 Å². The van der Waals surface area contributed by atoms with Crippen molar-refractivity contribution in [2.75, 3.05) is 0 Å². The maximum Gasteiger partial charge on any atom is 0.147 e. The number of hydrogen-bond acceptors (Lipinski definition) is 1. The third-order valence-corrected chi connectivity index (χ3v) is 3.81. The smallest absolute Gasteiger partial charge is 0.147 e. The van der Waals surface area contributed by atoms with Crippen LogP contribution in [0.3, 0.4) is 0 Å². The van der Waals surface area contributed by atoms with Crippen LogP contribution in [0.15, 0.2) is 36.4 Å². The molecule has 0 saturated carbocycles. The number of halogens is 2. The van der Waals surface area contributed by atoms with Crippen molar-refractivity contribution in [3.63, 3.8) is 0 Å². The number of alkyl halides is 1. The van der Waals surface area contributed by atoms with Gasteiger partial charge in [-0.05, 0) is 50.1 Å². The fraction of sp³-hybridized carbons (Fsp3) is 0.235. The Morgan fingerprint density at radius 1 is 1.19 bits per heavy atom. The normalized spacial score (nSPS) is 12.8. The summed E-state index contributed by atoms with van der Waals surface area (Å²) in [7, 11) is 0. The quantitative estimate of drug-likeness (QED) is 0.604. The van der Waals surface area contributed by atoms with Gasteiger partial charge in [0.05, 0.1) is 22.1 Å². The molecule has 0 fully saturated rings. The predicted octanol–water partition coefficient (Wildman–Crippen LogP) is 5.08. The second-order valence-electron chi connectivity index (χ2n) is 5.32. The van der Waals surface area contributed by atoms with Gasteiger partial charge in [0.15, 0.2) is 0 Å². The number of aromatic nitrogens is 2. The van der Waals surface area contributed by atoms with Crippen molar-refractivity contribution in [2.24, 2.45) is 0 Å². The van der Waals surface area contributed by atoms with Gasteiger partial charge >= 0.3 is 0 Å². The van der Waals surface area contributed by atoms with Crippen LogP contribution in [0.25, 0.3) is 16.7 Å². The average Bonchev–Trinajstić information content (AvgIpc) is 2.82. The highest BCUT2D eigenvalue weighted by molar-refractivity contribution is 6.20. The van der Waals surface area contributed by atoms with Crippen molar-refractivity contribution in [3.8, 4) is 5.69 Å². The number of rotatable bonds is 2. The first-order valence-electron chi connectivity index (χ1n) is 6.87. The minimum atomic E-state index is -0.309. The van der Waals surface area contributed by atoms with Crippen LogP contribution >= 0.6 is 11.6 Å². The summed E-state index contributed by atoms with van der Waals surface area (Å²) in [5, 5.41) is -0.309. The minimum absolute atomic E-state index is 0.278.